The maximum absolute atomic E-state index is 12.1. The first kappa shape index (κ1) is 18.1. The van der Waals surface area contributed by atoms with Crippen LogP contribution >= 0.6 is 0 Å². The molecule has 0 spiro atoms. The summed E-state index contributed by atoms with van der Waals surface area (Å²) in [6.45, 7) is 11.6. The van der Waals surface area contributed by atoms with Crippen LogP contribution in [0.1, 0.15) is 67.2 Å². The van der Waals surface area contributed by atoms with Gasteiger partial charge in [0.15, 0.2) is 5.78 Å². The summed E-state index contributed by atoms with van der Waals surface area (Å²) in [5, 5.41) is 0. The Morgan fingerprint density at radius 1 is 1.16 bits per heavy atom. The lowest BCUT2D eigenvalue weighted by atomic mass is 9.82. The summed E-state index contributed by atoms with van der Waals surface area (Å²) < 4.78 is 5.37. The highest BCUT2D eigenvalue weighted by atomic mass is 16.5. The third-order valence-corrected chi connectivity index (χ3v) is 3.64. The van der Waals surface area contributed by atoms with Crippen molar-refractivity contribution in [2.75, 3.05) is 6.61 Å². The van der Waals surface area contributed by atoms with Crippen LogP contribution in [-0.4, -0.2) is 18.4 Å². The second kappa shape index (κ2) is 8.34. The van der Waals surface area contributed by atoms with E-state index in [4.69, 9.17) is 4.74 Å². The van der Waals surface area contributed by atoms with Gasteiger partial charge in [-0.15, -0.1) is 0 Å². The zero-order valence-electron chi connectivity index (χ0n) is 13.4. The van der Waals surface area contributed by atoms with Gasteiger partial charge in [0.05, 0.1) is 6.61 Å². The van der Waals surface area contributed by atoms with Crippen LogP contribution in [0.2, 0.25) is 0 Å². The summed E-state index contributed by atoms with van der Waals surface area (Å²) in [6, 6.07) is 0. The molecule has 0 aliphatic rings. The molecule has 19 heavy (non-hydrogen) atoms. The van der Waals surface area contributed by atoms with E-state index in [0.29, 0.717) is 12.5 Å². The van der Waals surface area contributed by atoms with Crippen LogP contribution in [-0.2, 0) is 14.3 Å². The molecule has 0 heterocycles. The summed E-state index contributed by atoms with van der Waals surface area (Å²) in [6.07, 6.45) is 4.40. The van der Waals surface area contributed by atoms with Crippen LogP contribution in [0.3, 0.4) is 0 Å². The Labute approximate surface area is 118 Å². The maximum atomic E-state index is 12.1. The lowest BCUT2D eigenvalue weighted by Gasteiger charge is -2.24. The molecule has 1 unspecified atom stereocenters. The highest BCUT2D eigenvalue weighted by Gasteiger charge is 2.38. The summed E-state index contributed by atoms with van der Waals surface area (Å²) >= 11 is 0. The lowest BCUT2D eigenvalue weighted by Crippen LogP contribution is -2.38. The zero-order chi connectivity index (χ0) is 15.1. The fraction of sp³-hybridized carbons (Fsp3) is 0.875. The van der Waals surface area contributed by atoms with Crippen LogP contribution < -0.4 is 0 Å². The monoisotopic (exact) mass is 270 g/mol. The number of Topliss-reactive ketones (excluding diaryl/α,β-unsaturated/α-hetero) is 1. The van der Waals surface area contributed by atoms with Gasteiger partial charge in [-0.1, -0.05) is 47.0 Å². The first-order chi connectivity index (χ1) is 8.77. The predicted octanol–water partition coefficient (Wildman–Crippen LogP) is 4.00. The molecule has 0 amide bonds. The molecule has 3 nitrogen and oxygen atoms in total. The fourth-order valence-electron chi connectivity index (χ4n) is 2.09. The number of ether oxygens (including phenoxy) is 1. The first-order valence-corrected chi connectivity index (χ1v) is 7.48. The molecule has 0 fully saturated rings. The second-order valence-corrected chi connectivity index (χ2v) is 6.16. The first-order valence-electron chi connectivity index (χ1n) is 7.48. The minimum Gasteiger partial charge on any atom is -0.465 e. The van der Waals surface area contributed by atoms with Crippen molar-refractivity contribution in [3.05, 3.63) is 0 Å². The molecule has 0 saturated heterocycles. The van der Waals surface area contributed by atoms with E-state index in [9.17, 15) is 9.59 Å². The van der Waals surface area contributed by atoms with Crippen molar-refractivity contribution < 1.29 is 14.3 Å². The van der Waals surface area contributed by atoms with Crippen molar-refractivity contribution in [3.8, 4) is 0 Å². The average Bonchev–Trinajstić information content (AvgIpc) is 2.37. The third kappa shape index (κ3) is 5.75. The number of ketones is 1. The summed E-state index contributed by atoms with van der Waals surface area (Å²) in [5.41, 5.74) is -1.03. The second-order valence-electron chi connectivity index (χ2n) is 6.16. The number of esters is 1. The van der Waals surface area contributed by atoms with E-state index in [1.54, 1.807) is 13.8 Å². The Bertz CT molecular complexity index is 292. The van der Waals surface area contributed by atoms with Gasteiger partial charge in [0.1, 0.15) is 5.41 Å². The van der Waals surface area contributed by atoms with Gasteiger partial charge in [-0.3, -0.25) is 9.59 Å². The largest absolute Gasteiger partial charge is 0.465 e. The Hall–Kier alpha value is -0.860. The molecule has 3 heteroatoms. The van der Waals surface area contributed by atoms with Crippen LogP contribution in [0, 0.1) is 17.3 Å². The highest BCUT2D eigenvalue weighted by Crippen LogP contribution is 2.24. The Morgan fingerprint density at radius 3 is 2.16 bits per heavy atom. The standard InChI is InChI=1S/C16H30O3/c1-7-9-10-13(8-2)11-19-15(18)16(5,6)14(17)12(3)4/h12-13H,7-11H2,1-6H3. The van der Waals surface area contributed by atoms with E-state index < -0.39 is 5.41 Å². The van der Waals surface area contributed by atoms with E-state index in [1.807, 2.05) is 13.8 Å². The van der Waals surface area contributed by atoms with E-state index in [1.165, 1.54) is 0 Å². The molecular weight excluding hydrogens is 240 g/mol. The molecule has 1 atom stereocenters. The number of carbonyl (C=O) groups is 2. The smallest absolute Gasteiger partial charge is 0.319 e. The van der Waals surface area contributed by atoms with Crippen LogP contribution in [0.5, 0.6) is 0 Å². The molecule has 0 N–H and O–H groups in total. The summed E-state index contributed by atoms with van der Waals surface area (Å²) in [4.78, 5) is 24.1. The zero-order valence-corrected chi connectivity index (χ0v) is 13.4. The van der Waals surface area contributed by atoms with Crippen molar-refractivity contribution in [2.24, 2.45) is 17.3 Å². The van der Waals surface area contributed by atoms with Gasteiger partial charge in [-0.25, -0.2) is 0 Å². The quantitative estimate of drug-likeness (QED) is 0.470. The molecule has 0 saturated carbocycles. The molecule has 0 bridgehead atoms. The van der Waals surface area contributed by atoms with Crippen LogP contribution in [0.25, 0.3) is 0 Å². The number of rotatable bonds is 9. The summed E-state index contributed by atoms with van der Waals surface area (Å²) in [5.74, 6) is -0.182. The lowest BCUT2D eigenvalue weighted by molar-refractivity contribution is -0.160. The van der Waals surface area contributed by atoms with Gasteiger partial charge >= 0.3 is 5.97 Å². The minimum absolute atomic E-state index is 0.0564. The number of hydrogen-bond acceptors (Lipinski definition) is 3. The van der Waals surface area contributed by atoms with E-state index in [2.05, 4.69) is 13.8 Å². The fourth-order valence-corrected chi connectivity index (χ4v) is 2.09. The Kier molecular flexibility index (Phi) is 7.96. The average molecular weight is 270 g/mol. The molecule has 0 radical (unpaired) electrons. The van der Waals surface area contributed by atoms with Crippen LogP contribution in [0.15, 0.2) is 0 Å². The topological polar surface area (TPSA) is 43.4 Å². The molecule has 0 aromatic heterocycles. The van der Waals surface area contributed by atoms with E-state index in [0.717, 1.165) is 25.7 Å². The molecule has 0 rings (SSSR count). The van der Waals surface area contributed by atoms with E-state index in [-0.39, 0.29) is 17.7 Å². The molecule has 112 valence electrons. The van der Waals surface area contributed by atoms with E-state index >= 15 is 0 Å². The van der Waals surface area contributed by atoms with Crippen molar-refractivity contribution in [1.29, 1.82) is 0 Å². The third-order valence-electron chi connectivity index (χ3n) is 3.64. The van der Waals surface area contributed by atoms with Gasteiger partial charge in [-0.2, -0.15) is 0 Å². The van der Waals surface area contributed by atoms with Gasteiger partial charge in [0.25, 0.3) is 0 Å². The molecular formula is C16H30O3. The molecule has 0 aliphatic heterocycles. The normalized spacial score (nSPS) is 13.4. The maximum Gasteiger partial charge on any atom is 0.319 e. The SMILES string of the molecule is CCCCC(CC)COC(=O)C(C)(C)C(=O)C(C)C. The van der Waals surface area contributed by atoms with Gasteiger partial charge in [0.2, 0.25) is 0 Å². The predicted molar refractivity (Wildman–Crippen MR) is 77.9 cm³/mol. The van der Waals surface area contributed by atoms with Gasteiger partial charge < -0.3 is 4.74 Å². The molecule has 0 aromatic carbocycles. The van der Waals surface area contributed by atoms with Crippen LogP contribution in [0.4, 0.5) is 0 Å². The number of hydrogen-bond donors (Lipinski definition) is 0. The minimum atomic E-state index is -1.03. The summed E-state index contributed by atoms with van der Waals surface area (Å²) in [7, 11) is 0. The Balaban J connectivity index is 4.39. The highest BCUT2D eigenvalue weighted by molar-refractivity contribution is 6.03. The number of unbranched alkanes of at least 4 members (excludes halogenated alkanes) is 1. The molecule has 0 aromatic rings. The Morgan fingerprint density at radius 2 is 1.74 bits per heavy atom. The van der Waals surface area contributed by atoms with Crippen molar-refractivity contribution >= 4 is 11.8 Å². The van der Waals surface area contributed by atoms with Gasteiger partial charge in [0, 0.05) is 5.92 Å². The van der Waals surface area contributed by atoms with Gasteiger partial charge in [-0.05, 0) is 26.2 Å². The van der Waals surface area contributed by atoms with Crippen molar-refractivity contribution in [3.63, 3.8) is 0 Å². The molecule has 0 aliphatic carbocycles. The van der Waals surface area contributed by atoms with Crippen molar-refractivity contribution in [1.82, 2.24) is 0 Å². The number of carbonyl (C=O) groups excluding carboxylic acids is 2. The van der Waals surface area contributed by atoms with Crippen molar-refractivity contribution in [2.45, 2.75) is 67.2 Å².